The highest BCUT2D eigenvalue weighted by Crippen LogP contribution is 2.43. The lowest BCUT2D eigenvalue weighted by atomic mass is 9.85. The van der Waals surface area contributed by atoms with Gasteiger partial charge in [0.15, 0.2) is 0 Å². The number of amides is 1. The number of halogens is 1. The molecule has 6 rings (SSSR count). The number of fused-ring (bicyclic) bond motifs is 5. The first-order valence-corrected chi connectivity index (χ1v) is 12.6. The number of aryl methyl sites for hydroxylation is 1. The largest absolute Gasteiger partial charge is 0.466 e. The number of carbonyl (C=O) groups excluding carboxylic acids is 2. The van der Waals surface area contributed by atoms with Crippen molar-refractivity contribution >= 4 is 56.5 Å². The third-order valence-corrected chi connectivity index (χ3v) is 8.49. The Morgan fingerprint density at radius 3 is 2.94 bits per heavy atom. The van der Waals surface area contributed by atoms with Gasteiger partial charge in [-0.25, -0.2) is 9.97 Å². The van der Waals surface area contributed by atoms with Crippen molar-refractivity contribution in [3.63, 3.8) is 0 Å². The lowest BCUT2D eigenvalue weighted by molar-refractivity contribution is -0.148. The first-order chi connectivity index (χ1) is 16.4. The zero-order valence-corrected chi connectivity index (χ0v) is 20.0. The number of esters is 1. The number of hydrogen-bond acceptors (Lipinski definition) is 8. The smallest absolute Gasteiger partial charge is 0.309 e. The number of aromatic nitrogens is 3. The van der Waals surface area contributed by atoms with Gasteiger partial charge in [-0.05, 0) is 57.1 Å². The van der Waals surface area contributed by atoms with Gasteiger partial charge in [-0.2, -0.15) is 0 Å². The Bertz CT molecular complexity index is 1430. The zero-order chi connectivity index (χ0) is 23.6. The second kappa shape index (κ2) is 7.78. The Hall–Kier alpha value is -2.98. The monoisotopic (exact) mass is 499 g/mol. The fourth-order valence-corrected chi connectivity index (χ4v) is 6.82. The van der Waals surface area contributed by atoms with Crippen LogP contribution < -0.4 is 16.2 Å². The highest BCUT2D eigenvalue weighted by atomic mass is 35.5. The normalized spacial score (nSPS) is 19.9. The molecule has 2 aliphatic carbocycles. The van der Waals surface area contributed by atoms with Crippen LogP contribution in [0.3, 0.4) is 0 Å². The van der Waals surface area contributed by atoms with E-state index in [1.807, 2.05) is 6.92 Å². The van der Waals surface area contributed by atoms with Crippen LogP contribution in [-0.2, 0) is 28.0 Å². The van der Waals surface area contributed by atoms with Crippen molar-refractivity contribution in [3.05, 3.63) is 43.9 Å². The molecule has 4 heterocycles. The van der Waals surface area contributed by atoms with Crippen molar-refractivity contribution in [1.82, 2.24) is 19.9 Å². The number of pyridine rings is 1. The third-order valence-electron chi connectivity index (χ3n) is 7.04. The minimum absolute atomic E-state index is 0.159. The number of carbonyl (C=O) groups is 2. The van der Waals surface area contributed by atoms with Crippen molar-refractivity contribution in [3.8, 4) is 0 Å². The highest BCUT2D eigenvalue weighted by molar-refractivity contribution is 7.19. The maximum Gasteiger partial charge on any atom is 0.309 e. The van der Waals surface area contributed by atoms with Crippen molar-refractivity contribution in [2.75, 3.05) is 11.9 Å². The quantitative estimate of drug-likeness (QED) is 0.528. The summed E-state index contributed by atoms with van der Waals surface area (Å²) in [7, 11) is 0. The van der Waals surface area contributed by atoms with E-state index in [1.54, 1.807) is 11.3 Å². The van der Waals surface area contributed by atoms with Gasteiger partial charge < -0.3 is 15.4 Å². The summed E-state index contributed by atoms with van der Waals surface area (Å²) in [5.41, 5.74) is 0.577. The SMILES string of the molecule is CCOC(=O)[C@H]1CCc2c(sc3ncnc(Nc4cc(Cl)c5n(c4=O)C4(CCC4)NC5=O)c23)C1. The van der Waals surface area contributed by atoms with Gasteiger partial charge in [-0.3, -0.25) is 19.0 Å². The topological polar surface area (TPSA) is 115 Å². The Morgan fingerprint density at radius 2 is 2.21 bits per heavy atom. The molecular weight excluding hydrogens is 478 g/mol. The predicted octanol–water partition coefficient (Wildman–Crippen LogP) is 3.50. The van der Waals surface area contributed by atoms with Crippen molar-refractivity contribution < 1.29 is 14.3 Å². The van der Waals surface area contributed by atoms with Gasteiger partial charge in [0.1, 0.15) is 34.0 Å². The van der Waals surface area contributed by atoms with E-state index in [4.69, 9.17) is 16.3 Å². The van der Waals surface area contributed by atoms with E-state index < -0.39 is 5.66 Å². The highest BCUT2D eigenvalue weighted by Gasteiger charge is 2.49. The molecule has 0 bridgehead atoms. The fourth-order valence-electron chi connectivity index (χ4n) is 5.27. The van der Waals surface area contributed by atoms with Crippen LogP contribution >= 0.6 is 22.9 Å². The molecule has 1 saturated carbocycles. The van der Waals surface area contributed by atoms with Crippen molar-refractivity contribution in [2.24, 2.45) is 5.92 Å². The van der Waals surface area contributed by atoms with E-state index in [9.17, 15) is 14.4 Å². The number of nitrogens with one attached hydrogen (secondary N) is 2. The van der Waals surface area contributed by atoms with Crippen LogP contribution in [-0.4, -0.2) is 33.0 Å². The second-order valence-electron chi connectivity index (χ2n) is 8.96. The molecule has 176 valence electrons. The molecular formula is C23H22ClN5O4S. The van der Waals surface area contributed by atoms with Gasteiger partial charge in [0, 0.05) is 4.88 Å². The van der Waals surface area contributed by atoms with Crippen LogP contribution in [0.2, 0.25) is 5.02 Å². The van der Waals surface area contributed by atoms with E-state index in [1.165, 1.54) is 17.0 Å². The molecule has 1 amide bonds. The molecule has 0 aromatic carbocycles. The van der Waals surface area contributed by atoms with Crippen molar-refractivity contribution in [1.29, 1.82) is 0 Å². The number of nitrogens with zero attached hydrogens (tertiary/aromatic N) is 3. The molecule has 3 aromatic rings. The van der Waals surface area contributed by atoms with E-state index >= 15 is 0 Å². The Morgan fingerprint density at radius 1 is 1.38 bits per heavy atom. The molecule has 1 spiro atoms. The molecule has 0 radical (unpaired) electrons. The Balaban J connectivity index is 1.40. The molecule has 1 atom stereocenters. The van der Waals surface area contributed by atoms with Gasteiger partial charge in [-0.1, -0.05) is 11.6 Å². The molecule has 11 heteroatoms. The summed E-state index contributed by atoms with van der Waals surface area (Å²) in [5.74, 6) is -0.121. The van der Waals surface area contributed by atoms with Gasteiger partial charge >= 0.3 is 5.97 Å². The number of hydrogen-bond donors (Lipinski definition) is 2. The number of ether oxygens (including phenoxy) is 1. The van der Waals surface area contributed by atoms with E-state index in [2.05, 4.69) is 20.6 Å². The van der Waals surface area contributed by atoms with E-state index in [-0.39, 0.29) is 39.8 Å². The predicted molar refractivity (Wildman–Crippen MR) is 128 cm³/mol. The fraction of sp³-hybridized carbons (Fsp3) is 0.435. The summed E-state index contributed by atoms with van der Waals surface area (Å²) < 4.78 is 6.73. The number of thiophene rings is 1. The summed E-state index contributed by atoms with van der Waals surface area (Å²) in [4.78, 5) is 49.0. The molecule has 34 heavy (non-hydrogen) atoms. The molecule has 2 N–H and O–H groups in total. The average Bonchev–Trinajstić information content (AvgIpc) is 3.33. The van der Waals surface area contributed by atoms with Gasteiger partial charge in [0.25, 0.3) is 11.5 Å². The van der Waals surface area contributed by atoms with Gasteiger partial charge in [-0.15, -0.1) is 11.3 Å². The lowest BCUT2D eigenvalue weighted by Gasteiger charge is -2.39. The molecule has 3 aromatic heterocycles. The van der Waals surface area contributed by atoms with Gasteiger partial charge in [0.2, 0.25) is 0 Å². The van der Waals surface area contributed by atoms with Gasteiger partial charge in [0.05, 0.1) is 22.9 Å². The van der Waals surface area contributed by atoms with Crippen LogP contribution in [0.25, 0.3) is 10.2 Å². The summed E-state index contributed by atoms with van der Waals surface area (Å²) in [6.07, 6.45) is 5.79. The maximum absolute atomic E-state index is 13.5. The first kappa shape index (κ1) is 21.5. The molecule has 3 aliphatic rings. The summed E-state index contributed by atoms with van der Waals surface area (Å²) in [6, 6.07) is 1.50. The third kappa shape index (κ3) is 3.08. The average molecular weight is 500 g/mol. The summed E-state index contributed by atoms with van der Waals surface area (Å²) in [5, 5.41) is 7.21. The Kier molecular flexibility index (Phi) is 4.93. The van der Waals surface area contributed by atoms with Crippen LogP contribution in [0, 0.1) is 5.92 Å². The molecule has 1 aliphatic heterocycles. The minimum atomic E-state index is -0.685. The first-order valence-electron chi connectivity index (χ1n) is 11.4. The number of anilines is 2. The molecule has 0 unspecified atom stereocenters. The number of rotatable bonds is 4. The minimum Gasteiger partial charge on any atom is -0.466 e. The van der Waals surface area contributed by atoms with E-state index in [0.717, 1.165) is 27.1 Å². The maximum atomic E-state index is 13.5. The van der Waals surface area contributed by atoms with Crippen LogP contribution in [0.4, 0.5) is 11.5 Å². The lowest BCUT2D eigenvalue weighted by Crippen LogP contribution is -2.52. The zero-order valence-electron chi connectivity index (χ0n) is 18.4. The van der Waals surface area contributed by atoms with Crippen molar-refractivity contribution in [2.45, 2.75) is 51.1 Å². The molecule has 1 fully saturated rings. The van der Waals surface area contributed by atoms with Crippen LogP contribution in [0.5, 0.6) is 0 Å². The second-order valence-corrected chi connectivity index (χ2v) is 10.4. The molecule has 0 saturated heterocycles. The molecule has 9 nitrogen and oxygen atoms in total. The van der Waals surface area contributed by atoms with Crippen LogP contribution in [0.1, 0.15) is 53.5 Å². The summed E-state index contributed by atoms with van der Waals surface area (Å²) in [6.45, 7) is 2.18. The Labute approximate surface area is 203 Å². The van der Waals surface area contributed by atoms with Crippen LogP contribution in [0.15, 0.2) is 17.2 Å². The van der Waals surface area contributed by atoms with E-state index in [0.29, 0.717) is 44.5 Å². The standard InChI is InChI=1S/C23H22ClN5O4S/c1-2-33-22(32)11-4-5-12-15(8-11)34-20-16(12)18(25-10-26-20)27-14-9-13(24)17-19(30)28-23(6-3-7-23)29(17)21(14)31/h9-11H,2-8H2,1H3,(H,28,30)(H,25,26,27)/t11-/m0/s1. The summed E-state index contributed by atoms with van der Waals surface area (Å²) >= 11 is 8.01.